The molecule has 0 fully saturated rings. The van der Waals surface area contributed by atoms with Crippen molar-refractivity contribution in [2.45, 2.75) is 6.42 Å². The molecule has 0 saturated heterocycles. The van der Waals surface area contributed by atoms with Crippen molar-refractivity contribution in [1.82, 2.24) is 0 Å². The third-order valence-electron chi connectivity index (χ3n) is 2.69. The van der Waals surface area contributed by atoms with E-state index in [1.807, 2.05) is 0 Å². The van der Waals surface area contributed by atoms with Crippen molar-refractivity contribution in [3.8, 4) is 18.3 Å². The third kappa shape index (κ3) is 8.04. The molecule has 0 radical (unpaired) electrons. The average molecular weight is 344 g/mol. The molecule has 0 aliphatic carbocycles. The number of carbonyl (C=O) groups excluding carboxylic acids is 2. The number of rotatable bonds is 9. The quantitative estimate of drug-likeness (QED) is 0.315. The van der Waals surface area contributed by atoms with E-state index < -0.39 is 24.3 Å². The molecule has 0 spiro atoms. The monoisotopic (exact) mass is 344 g/mol. The molecular weight excluding hydrogens is 328 g/mol. The predicted molar refractivity (Wildman–Crippen MR) is 88.2 cm³/mol. The fourth-order valence-corrected chi connectivity index (χ4v) is 1.58. The van der Waals surface area contributed by atoms with E-state index in [1.165, 1.54) is 12.2 Å². The van der Waals surface area contributed by atoms with Gasteiger partial charge >= 0.3 is 17.9 Å². The molecule has 130 valence electrons. The molecule has 0 bridgehead atoms. The van der Waals surface area contributed by atoms with Crippen LogP contribution in [0, 0.1) is 12.5 Å². The first-order valence-electron chi connectivity index (χ1n) is 7.06. The first-order valence-corrected chi connectivity index (χ1v) is 7.06. The van der Waals surface area contributed by atoms with Gasteiger partial charge in [-0.3, -0.25) is 4.79 Å². The summed E-state index contributed by atoms with van der Waals surface area (Å²) in [6.07, 6.45) is 8.85. The van der Waals surface area contributed by atoms with Crippen LogP contribution in [0.2, 0.25) is 0 Å². The van der Waals surface area contributed by atoms with Gasteiger partial charge in [-0.15, -0.1) is 0 Å². The van der Waals surface area contributed by atoms with E-state index in [4.69, 9.17) is 21.0 Å². The standard InChI is InChI=1S/C18H16O7/c1-3-23-17(21)9-6-14-4-7-15(8-5-14)24-10-11-25-18(22)13(2)12-16(19)20/h1,4-9H,2,10-12H2,(H,19,20)/b9-6+. The molecular formula is C18H16O7. The summed E-state index contributed by atoms with van der Waals surface area (Å²) in [5.74, 6) is -2.04. The van der Waals surface area contributed by atoms with E-state index in [0.29, 0.717) is 5.75 Å². The van der Waals surface area contributed by atoms with Crippen molar-refractivity contribution >= 4 is 24.0 Å². The minimum atomic E-state index is -1.15. The van der Waals surface area contributed by atoms with Crippen molar-refractivity contribution in [3.05, 3.63) is 48.1 Å². The van der Waals surface area contributed by atoms with Crippen molar-refractivity contribution in [2.24, 2.45) is 0 Å². The average Bonchev–Trinajstić information content (AvgIpc) is 2.57. The lowest BCUT2D eigenvalue weighted by Crippen LogP contribution is -2.15. The van der Waals surface area contributed by atoms with Crippen molar-refractivity contribution in [1.29, 1.82) is 0 Å². The number of hydrogen-bond acceptors (Lipinski definition) is 6. The molecule has 0 aromatic heterocycles. The number of terminal acetylenes is 1. The molecule has 0 amide bonds. The number of aliphatic carboxylic acids is 1. The number of carboxylic acid groups (broad SMARTS) is 1. The summed E-state index contributed by atoms with van der Waals surface area (Å²) < 4.78 is 14.5. The van der Waals surface area contributed by atoms with Gasteiger partial charge in [0.15, 0.2) is 0 Å². The number of benzene rings is 1. The first-order chi connectivity index (χ1) is 11.9. The van der Waals surface area contributed by atoms with Gasteiger partial charge in [-0.2, -0.15) is 0 Å². The number of esters is 2. The Hall–Kier alpha value is -3.53. The van der Waals surface area contributed by atoms with E-state index in [0.717, 1.165) is 5.56 Å². The van der Waals surface area contributed by atoms with E-state index in [-0.39, 0.29) is 18.8 Å². The van der Waals surface area contributed by atoms with Crippen molar-refractivity contribution in [3.63, 3.8) is 0 Å². The van der Waals surface area contributed by atoms with Crippen LogP contribution in [0.5, 0.6) is 5.75 Å². The van der Waals surface area contributed by atoms with Crippen LogP contribution in [-0.2, 0) is 23.9 Å². The molecule has 1 rings (SSSR count). The van der Waals surface area contributed by atoms with E-state index in [2.05, 4.69) is 11.3 Å². The van der Waals surface area contributed by atoms with Crippen LogP contribution in [-0.4, -0.2) is 36.2 Å². The molecule has 0 aliphatic heterocycles. The Balaban J connectivity index is 2.36. The molecule has 1 aromatic rings. The Morgan fingerprint density at radius 2 is 1.88 bits per heavy atom. The molecule has 7 heteroatoms. The van der Waals surface area contributed by atoms with E-state index in [1.54, 1.807) is 30.4 Å². The SMILES string of the molecule is C#COC(=O)/C=C/c1ccc(OCCOC(=O)C(=C)CC(=O)O)cc1. The van der Waals surface area contributed by atoms with Crippen LogP contribution >= 0.6 is 0 Å². The minimum absolute atomic E-state index is 0.0446. The molecule has 0 unspecified atom stereocenters. The van der Waals surface area contributed by atoms with Crippen LogP contribution in [0.1, 0.15) is 12.0 Å². The number of ether oxygens (including phenoxy) is 3. The number of carbonyl (C=O) groups is 3. The van der Waals surface area contributed by atoms with Gasteiger partial charge < -0.3 is 19.3 Å². The van der Waals surface area contributed by atoms with Crippen LogP contribution in [0.25, 0.3) is 6.08 Å². The van der Waals surface area contributed by atoms with Gasteiger partial charge in [-0.05, 0) is 23.8 Å². The van der Waals surface area contributed by atoms with Crippen molar-refractivity contribution in [2.75, 3.05) is 13.2 Å². The predicted octanol–water partition coefficient (Wildman–Crippen LogP) is 1.79. The van der Waals surface area contributed by atoms with Gasteiger partial charge in [0.25, 0.3) is 0 Å². The Morgan fingerprint density at radius 3 is 2.48 bits per heavy atom. The second-order valence-electron chi connectivity index (χ2n) is 4.60. The largest absolute Gasteiger partial charge is 0.490 e. The van der Waals surface area contributed by atoms with Crippen LogP contribution in [0.3, 0.4) is 0 Å². The summed E-state index contributed by atoms with van der Waals surface area (Å²) in [5, 5.41) is 8.54. The fraction of sp³-hybridized carbons (Fsp3) is 0.167. The highest BCUT2D eigenvalue weighted by atomic mass is 16.6. The highest BCUT2D eigenvalue weighted by molar-refractivity contribution is 5.92. The number of carboxylic acids is 1. The zero-order valence-electron chi connectivity index (χ0n) is 13.3. The second-order valence-corrected chi connectivity index (χ2v) is 4.60. The first kappa shape index (κ1) is 19.5. The molecule has 0 atom stereocenters. The summed E-state index contributed by atoms with van der Waals surface area (Å²) in [5.41, 5.74) is 0.602. The molecule has 7 nitrogen and oxygen atoms in total. The fourth-order valence-electron chi connectivity index (χ4n) is 1.58. The zero-order chi connectivity index (χ0) is 18.7. The van der Waals surface area contributed by atoms with Crippen LogP contribution in [0.4, 0.5) is 0 Å². The van der Waals surface area contributed by atoms with Gasteiger partial charge in [-0.1, -0.05) is 25.1 Å². The maximum atomic E-state index is 11.4. The topological polar surface area (TPSA) is 99.1 Å². The molecule has 1 aromatic carbocycles. The molecule has 25 heavy (non-hydrogen) atoms. The number of hydrogen-bond donors (Lipinski definition) is 1. The molecule has 0 aliphatic rings. The minimum Gasteiger partial charge on any atom is -0.490 e. The molecule has 0 heterocycles. The Kier molecular flexibility index (Phi) is 8.03. The summed E-state index contributed by atoms with van der Waals surface area (Å²) in [6.45, 7) is 3.38. The van der Waals surface area contributed by atoms with E-state index >= 15 is 0 Å². The van der Waals surface area contributed by atoms with Crippen LogP contribution in [0.15, 0.2) is 42.5 Å². The van der Waals surface area contributed by atoms with Gasteiger partial charge in [0.2, 0.25) is 0 Å². The van der Waals surface area contributed by atoms with Gasteiger partial charge in [0, 0.05) is 11.6 Å². The lowest BCUT2D eigenvalue weighted by molar-refractivity contribution is -0.143. The summed E-state index contributed by atoms with van der Waals surface area (Å²) >= 11 is 0. The molecule has 0 saturated carbocycles. The summed E-state index contributed by atoms with van der Waals surface area (Å²) in [4.78, 5) is 32.9. The lowest BCUT2D eigenvalue weighted by atomic mass is 10.2. The summed E-state index contributed by atoms with van der Waals surface area (Å²) in [6, 6.07) is 6.74. The Labute approximate surface area is 144 Å². The van der Waals surface area contributed by atoms with Gasteiger partial charge in [0.05, 0.1) is 6.42 Å². The lowest BCUT2D eigenvalue weighted by Gasteiger charge is -2.08. The second kappa shape index (κ2) is 10.3. The highest BCUT2D eigenvalue weighted by Gasteiger charge is 2.11. The zero-order valence-corrected chi connectivity index (χ0v) is 13.3. The third-order valence-corrected chi connectivity index (χ3v) is 2.69. The normalized spacial score (nSPS) is 9.88. The highest BCUT2D eigenvalue weighted by Crippen LogP contribution is 2.13. The van der Waals surface area contributed by atoms with E-state index in [9.17, 15) is 14.4 Å². The van der Waals surface area contributed by atoms with Gasteiger partial charge in [0.1, 0.15) is 25.1 Å². The van der Waals surface area contributed by atoms with Crippen LogP contribution < -0.4 is 4.74 Å². The Bertz CT molecular complexity index is 708. The Morgan fingerprint density at radius 1 is 1.20 bits per heavy atom. The smallest absolute Gasteiger partial charge is 0.344 e. The summed E-state index contributed by atoms with van der Waals surface area (Å²) in [7, 11) is 0. The van der Waals surface area contributed by atoms with Crippen molar-refractivity contribution < 1.29 is 33.7 Å². The maximum absolute atomic E-state index is 11.4. The van der Waals surface area contributed by atoms with Gasteiger partial charge in [-0.25, -0.2) is 9.59 Å². The molecule has 1 N–H and O–H groups in total. The maximum Gasteiger partial charge on any atom is 0.344 e.